The minimum Gasteiger partial charge on any atom is -0.481 e. The van der Waals surface area contributed by atoms with Crippen LogP contribution < -0.4 is 0 Å². The van der Waals surface area contributed by atoms with E-state index in [0.717, 1.165) is 32.4 Å². The minimum absolute atomic E-state index is 0.0201. The van der Waals surface area contributed by atoms with E-state index in [2.05, 4.69) is 13.8 Å². The van der Waals surface area contributed by atoms with Gasteiger partial charge >= 0.3 is 12.0 Å². The van der Waals surface area contributed by atoms with Gasteiger partial charge in [-0.1, -0.05) is 13.8 Å². The molecule has 0 saturated carbocycles. The molecule has 2 fully saturated rings. The summed E-state index contributed by atoms with van der Waals surface area (Å²) in [6, 6.07) is -0.365. The molecule has 0 aromatic heterocycles. The molecule has 6 nitrogen and oxygen atoms in total. The Morgan fingerprint density at radius 3 is 2.57 bits per heavy atom. The Morgan fingerprint density at radius 2 is 2.00 bits per heavy atom. The molecular weight excluding hydrogens is 272 g/mol. The summed E-state index contributed by atoms with van der Waals surface area (Å²) in [5.41, 5.74) is 0.240. The molecule has 2 aliphatic heterocycles. The van der Waals surface area contributed by atoms with Crippen LogP contribution in [0.2, 0.25) is 0 Å². The largest absolute Gasteiger partial charge is 0.481 e. The van der Waals surface area contributed by atoms with Crippen LogP contribution in [0.15, 0.2) is 0 Å². The zero-order valence-corrected chi connectivity index (χ0v) is 13.0. The lowest BCUT2D eigenvalue weighted by Crippen LogP contribution is -2.54. The number of rotatable bonds is 4. The molecule has 6 heteroatoms. The second kappa shape index (κ2) is 6.64. The number of carboxylic acid groups (broad SMARTS) is 1. The van der Waals surface area contributed by atoms with Gasteiger partial charge < -0.3 is 19.6 Å². The lowest BCUT2D eigenvalue weighted by Gasteiger charge is -2.37. The number of hydrogen-bond acceptors (Lipinski definition) is 3. The van der Waals surface area contributed by atoms with Crippen LogP contribution in [0.3, 0.4) is 0 Å². The number of carboxylic acids is 1. The highest BCUT2D eigenvalue weighted by atomic mass is 16.5. The Hall–Kier alpha value is -1.30. The standard InChI is InChI=1S/C15H26N2O4/c1-3-15(4-2)5-6-16(11-15)14(20)17-7-8-21-10-12(17)9-13(18)19/h12H,3-11H2,1-2H3,(H,18,19). The number of carbonyl (C=O) groups excluding carboxylic acids is 1. The fourth-order valence-corrected chi connectivity index (χ4v) is 3.38. The summed E-state index contributed by atoms with van der Waals surface area (Å²) in [6.45, 7) is 7.21. The first kappa shape index (κ1) is 16.1. The maximum absolute atomic E-state index is 12.7. The average Bonchev–Trinajstić information content (AvgIpc) is 2.92. The Morgan fingerprint density at radius 1 is 1.29 bits per heavy atom. The normalized spacial score (nSPS) is 25.1. The van der Waals surface area contributed by atoms with Crippen LogP contribution in [0.4, 0.5) is 4.79 Å². The van der Waals surface area contributed by atoms with Crippen LogP contribution in [-0.4, -0.2) is 65.8 Å². The Kier molecular flexibility index (Phi) is 5.08. The fourth-order valence-electron chi connectivity index (χ4n) is 3.38. The van der Waals surface area contributed by atoms with Gasteiger partial charge in [0.1, 0.15) is 0 Å². The number of nitrogens with zero attached hydrogens (tertiary/aromatic N) is 2. The summed E-state index contributed by atoms with van der Waals surface area (Å²) in [6.07, 6.45) is 3.15. The lowest BCUT2D eigenvalue weighted by atomic mass is 9.82. The number of amides is 2. The first-order chi connectivity index (χ1) is 10.0. The highest BCUT2D eigenvalue weighted by Crippen LogP contribution is 2.37. The average molecular weight is 298 g/mol. The molecule has 0 aromatic rings. The second-order valence-corrected chi connectivity index (χ2v) is 6.18. The Balaban J connectivity index is 2.02. The molecule has 2 rings (SSSR count). The van der Waals surface area contributed by atoms with Crippen molar-refractivity contribution >= 4 is 12.0 Å². The van der Waals surface area contributed by atoms with Crippen molar-refractivity contribution in [2.45, 2.75) is 45.6 Å². The molecule has 2 amide bonds. The maximum Gasteiger partial charge on any atom is 0.320 e. The van der Waals surface area contributed by atoms with Crippen molar-refractivity contribution in [1.29, 1.82) is 0 Å². The third-order valence-electron chi connectivity index (χ3n) is 5.09. The summed E-state index contributed by atoms with van der Waals surface area (Å²) in [5, 5.41) is 8.98. The van der Waals surface area contributed by atoms with Crippen molar-refractivity contribution in [2.75, 3.05) is 32.8 Å². The van der Waals surface area contributed by atoms with Gasteiger partial charge in [0.05, 0.1) is 25.7 Å². The summed E-state index contributed by atoms with van der Waals surface area (Å²) in [4.78, 5) is 27.3. The first-order valence-electron chi connectivity index (χ1n) is 7.86. The van der Waals surface area contributed by atoms with Crippen molar-refractivity contribution < 1.29 is 19.4 Å². The third kappa shape index (κ3) is 3.48. The van der Waals surface area contributed by atoms with Crippen LogP contribution in [0.5, 0.6) is 0 Å². The molecule has 120 valence electrons. The van der Waals surface area contributed by atoms with Gasteiger partial charge in [-0.15, -0.1) is 0 Å². The molecule has 0 aromatic carbocycles. The van der Waals surface area contributed by atoms with E-state index in [0.29, 0.717) is 19.8 Å². The predicted octanol–water partition coefficient (Wildman–Crippen LogP) is 1.79. The third-order valence-corrected chi connectivity index (χ3v) is 5.09. The highest BCUT2D eigenvalue weighted by Gasteiger charge is 2.40. The van der Waals surface area contributed by atoms with Crippen molar-refractivity contribution in [3.63, 3.8) is 0 Å². The number of aliphatic carboxylic acids is 1. The lowest BCUT2D eigenvalue weighted by molar-refractivity contribution is -0.139. The molecule has 1 N–H and O–H groups in total. The van der Waals surface area contributed by atoms with Crippen LogP contribution >= 0.6 is 0 Å². The topological polar surface area (TPSA) is 70.1 Å². The molecule has 1 unspecified atom stereocenters. The molecule has 0 spiro atoms. The van der Waals surface area contributed by atoms with E-state index >= 15 is 0 Å². The molecule has 0 bridgehead atoms. The van der Waals surface area contributed by atoms with Crippen molar-refractivity contribution in [1.82, 2.24) is 9.80 Å². The number of likely N-dealkylation sites (tertiary alicyclic amines) is 1. The van der Waals surface area contributed by atoms with Crippen molar-refractivity contribution in [3.8, 4) is 0 Å². The number of urea groups is 1. The molecular formula is C15H26N2O4. The summed E-state index contributed by atoms with van der Waals surface area (Å²) in [5.74, 6) is -0.888. The van der Waals surface area contributed by atoms with Gasteiger partial charge in [-0.2, -0.15) is 0 Å². The van der Waals surface area contributed by atoms with Gasteiger partial charge in [-0.25, -0.2) is 4.79 Å². The quantitative estimate of drug-likeness (QED) is 0.859. The van der Waals surface area contributed by atoms with E-state index in [1.807, 2.05) is 4.90 Å². The van der Waals surface area contributed by atoms with E-state index in [1.165, 1.54) is 0 Å². The van der Waals surface area contributed by atoms with E-state index in [1.54, 1.807) is 4.90 Å². The molecule has 0 aliphatic carbocycles. The minimum atomic E-state index is -0.888. The number of carbonyl (C=O) groups is 2. The molecule has 0 radical (unpaired) electrons. The zero-order valence-electron chi connectivity index (χ0n) is 13.0. The van der Waals surface area contributed by atoms with Crippen LogP contribution in [0.25, 0.3) is 0 Å². The molecule has 2 aliphatic rings. The van der Waals surface area contributed by atoms with Gasteiger partial charge in [0.25, 0.3) is 0 Å². The monoisotopic (exact) mass is 298 g/mol. The summed E-state index contributed by atoms with van der Waals surface area (Å²) >= 11 is 0. The molecule has 1 atom stereocenters. The van der Waals surface area contributed by atoms with E-state index < -0.39 is 5.97 Å². The maximum atomic E-state index is 12.7. The fraction of sp³-hybridized carbons (Fsp3) is 0.867. The SMILES string of the molecule is CCC1(CC)CCN(C(=O)N2CCOCC2CC(=O)O)C1. The highest BCUT2D eigenvalue weighted by molar-refractivity contribution is 5.76. The van der Waals surface area contributed by atoms with E-state index in [-0.39, 0.29) is 23.9 Å². The van der Waals surface area contributed by atoms with Crippen LogP contribution in [0, 0.1) is 5.41 Å². The van der Waals surface area contributed by atoms with Gasteiger partial charge in [0, 0.05) is 19.6 Å². The number of hydrogen-bond donors (Lipinski definition) is 1. The molecule has 2 saturated heterocycles. The summed E-state index contributed by atoms with van der Waals surface area (Å²) < 4.78 is 5.33. The Bertz CT molecular complexity index is 395. The van der Waals surface area contributed by atoms with Gasteiger partial charge in [0.15, 0.2) is 0 Å². The van der Waals surface area contributed by atoms with Crippen LogP contribution in [-0.2, 0) is 9.53 Å². The second-order valence-electron chi connectivity index (χ2n) is 6.18. The first-order valence-corrected chi connectivity index (χ1v) is 7.86. The molecule has 21 heavy (non-hydrogen) atoms. The van der Waals surface area contributed by atoms with Gasteiger partial charge in [-0.3, -0.25) is 4.79 Å². The molecule has 2 heterocycles. The van der Waals surface area contributed by atoms with E-state index in [9.17, 15) is 9.59 Å². The van der Waals surface area contributed by atoms with E-state index in [4.69, 9.17) is 9.84 Å². The van der Waals surface area contributed by atoms with Gasteiger partial charge in [-0.05, 0) is 24.7 Å². The van der Waals surface area contributed by atoms with Gasteiger partial charge in [0.2, 0.25) is 0 Å². The number of ether oxygens (including phenoxy) is 1. The van der Waals surface area contributed by atoms with Crippen LogP contribution in [0.1, 0.15) is 39.5 Å². The summed E-state index contributed by atoms with van der Waals surface area (Å²) in [7, 11) is 0. The van der Waals surface area contributed by atoms with Crippen molar-refractivity contribution in [2.24, 2.45) is 5.41 Å². The number of morpholine rings is 1. The Labute approximate surface area is 126 Å². The smallest absolute Gasteiger partial charge is 0.320 e. The zero-order chi connectivity index (χ0) is 15.5. The van der Waals surface area contributed by atoms with Crippen molar-refractivity contribution in [3.05, 3.63) is 0 Å². The predicted molar refractivity (Wildman–Crippen MR) is 78.2 cm³/mol.